The summed E-state index contributed by atoms with van der Waals surface area (Å²) >= 11 is 0. The van der Waals surface area contributed by atoms with Crippen molar-refractivity contribution in [2.45, 2.75) is 50.0 Å². The first-order chi connectivity index (χ1) is 12.7. The van der Waals surface area contributed by atoms with Crippen LogP contribution in [0.15, 0.2) is 36.7 Å². The van der Waals surface area contributed by atoms with Gasteiger partial charge in [0.05, 0.1) is 24.5 Å². The van der Waals surface area contributed by atoms with Crippen LogP contribution in [0.1, 0.15) is 31.2 Å². The summed E-state index contributed by atoms with van der Waals surface area (Å²) in [6.45, 7) is 1.04. The Morgan fingerprint density at radius 2 is 2.08 bits per heavy atom. The molecule has 1 N–H and O–H groups in total. The quantitative estimate of drug-likeness (QED) is 0.831. The molecule has 3 aliphatic heterocycles. The number of fused-ring (bicyclic) bond motifs is 1. The summed E-state index contributed by atoms with van der Waals surface area (Å²) in [4.78, 5) is 32.1. The number of pyridine rings is 1. The standard InChI is InChI=1S/C20H23N3O3/c24-18(22-11-13-6-9-21-10-7-13)16-15-5-8-20(26-15)12-23(19(25)17(16)20)14-3-1-2-4-14/h5-10,14-17H,1-4,11-12H2,(H,22,24)/t15-,16+,17+,20+/m1/s1. The van der Waals surface area contributed by atoms with Crippen LogP contribution in [-0.2, 0) is 20.9 Å². The van der Waals surface area contributed by atoms with Crippen LogP contribution in [-0.4, -0.2) is 46.0 Å². The molecule has 0 radical (unpaired) electrons. The van der Waals surface area contributed by atoms with Gasteiger partial charge in [-0.05, 0) is 30.5 Å². The molecule has 1 aliphatic carbocycles. The highest BCUT2D eigenvalue weighted by molar-refractivity contribution is 5.93. The molecule has 4 heterocycles. The summed E-state index contributed by atoms with van der Waals surface area (Å²) in [5, 5.41) is 2.99. The molecule has 0 aromatic carbocycles. The average Bonchev–Trinajstić information content (AvgIpc) is 3.42. The lowest BCUT2D eigenvalue weighted by Gasteiger charge is -2.27. The number of hydrogen-bond acceptors (Lipinski definition) is 4. The van der Waals surface area contributed by atoms with E-state index < -0.39 is 11.5 Å². The van der Waals surface area contributed by atoms with Crippen LogP contribution in [0, 0.1) is 11.8 Å². The average molecular weight is 353 g/mol. The summed E-state index contributed by atoms with van der Waals surface area (Å²) < 4.78 is 6.19. The van der Waals surface area contributed by atoms with E-state index in [1.165, 1.54) is 12.8 Å². The zero-order valence-corrected chi connectivity index (χ0v) is 14.6. The van der Waals surface area contributed by atoms with Gasteiger partial charge in [-0.15, -0.1) is 0 Å². The van der Waals surface area contributed by atoms with Crippen molar-refractivity contribution in [1.29, 1.82) is 0 Å². The van der Waals surface area contributed by atoms with Crippen molar-refractivity contribution in [1.82, 2.24) is 15.2 Å². The van der Waals surface area contributed by atoms with E-state index in [1.54, 1.807) is 12.4 Å². The third kappa shape index (κ3) is 2.31. The van der Waals surface area contributed by atoms with Gasteiger partial charge in [-0.2, -0.15) is 0 Å². The normalized spacial score (nSPS) is 35.3. The monoisotopic (exact) mass is 353 g/mol. The van der Waals surface area contributed by atoms with E-state index in [1.807, 2.05) is 29.2 Å². The van der Waals surface area contributed by atoms with Crippen LogP contribution in [0.25, 0.3) is 0 Å². The molecular weight excluding hydrogens is 330 g/mol. The van der Waals surface area contributed by atoms with Gasteiger partial charge < -0.3 is 15.0 Å². The van der Waals surface area contributed by atoms with Crippen molar-refractivity contribution in [3.05, 3.63) is 42.2 Å². The maximum Gasteiger partial charge on any atom is 0.230 e. The Morgan fingerprint density at radius 3 is 2.85 bits per heavy atom. The van der Waals surface area contributed by atoms with E-state index in [4.69, 9.17) is 4.74 Å². The van der Waals surface area contributed by atoms with E-state index >= 15 is 0 Å². The molecule has 2 bridgehead atoms. The molecule has 3 fully saturated rings. The molecule has 1 saturated carbocycles. The van der Waals surface area contributed by atoms with Gasteiger partial charge in [0.15, 0.2) is 0 Å². The second kappa shape index (κ2) is 5.91. The van der Waals surface area contributed by atoms with Crippen LogP contribution in [0.3, 0.4) is 0 Å². The molecule has 5 rings (SSSR count). The largest absolute Gasteiger partial charge is 0.360 e. The van der Waals surface area contributed by atoms with E-state index in [0.29, 0.717) is 19.1 Å². The first-order valence-corrected chi connectivity index (χ1v) is 9.52. The maximum atomic E-state index is 13.2. The molecule has 26 heavy (non-hydrogen) atoms. The lowest BCUT2D eigenvalue weighted by atomic mass is 9.77. The molecule has 4 aliphatic rings. The van der Waals surface area contributed by atoms with E-state index in [0.717, 1.165) is 18.4 Å². The zero-order chi connectivity index (χ0) is 17.7. The van der Waals surface area contributed by atoms with Gasteiger partial charge in [-0.3, -0.25) is 14.6 Å². The highest BCUT2D eigenvalue weighted by atomic mass is 16.5. The predicted octanol–water partition coefficient (Wildman–Crippen LogP) is 1.42. The lowest BCUT2D eigenvalue weighted by molar-refractivity contribution is -0.138. The topological polar surface area (TPSA) is 71.5 Å². The molecule has 1 aromatic rings. The maximum absolute atomic E-state index is 13.2. The van der Waals surface area contributed by atoms with Crippen molar-refractivity contribution < 1.29 is 14.3 Å². The Bertz CT molecular complexity index is 759. The first kappa shape index (κ1) is 16.0. The minimum Gasteiger partial charge on any atom is -0.360 e. The summed E-state index contributed by atoms with van der Waals surface area (Å²) in [5.74, 6) is -0.797. The smallest absolute Gasteiger partial charge is 0.230 e. The van der Waals surface area contributed by atoms with Gasteiger partial charge in [0.25, 0.3) is 0 Å². The number of likely N-dealkylation sites (tertiary alicyclic amines) is 1. The SMILES string of the molecule is O=C(NCc1ccncc1)[C@@H]1[C@H]2C(=O)N(C3CCCC3)C[C@@]23C=C[C@H]1O3. The van der Waals surface area contributed by atoms with Crippen molar-refractivity contribution in [3.8, 4) is 0 Å². The van der Waals surface area contributed by atoms with Gasteiger partial charge in [-0.1, -0.05) is 25.0 Å². The summed E-state index contributed by atoms with van der Waals surface area (Å²) in [5.41, 5.74) is 0.399. The van der Waals surface area contributed by atoms with Gasteiger partial charge in [0, 0.05) is 25.0 Å². The number of carbonyl (C=O) groups is 2. The van der Waals surface area contributed by atoms with Crippen LogP contribution in [0.4, 0.5) is 0 Å². The number of aromatic nitrogens is 1. The predicted molar refractivity (Wildman–Crippen MR) is 93.8 cm³/mol. The van der Waals surface area contributed by atoms with E-state index in [2.05, 4.69) is 10.3 Å². The second-order valence-electron chi connectivity index (χ2n) is 7.88. The van der Waals surface area contributed by atoms with Crippen LogP contribution >= 0.6 is 0 Å². The van der Waals surface area contributed by atoms with Crippen molar-refractivity contribution >= 4 is 11.8 Å². The van der Waals surface area contributed by atoms with Gasteiger partial charge >= 0.3 is 0 Å². The molecule has 6 heteroatoms. The minimum atomic E-state index is -0.594. The van der Waals surface area contributed by atoms with Gasteiger partial charge in [-0.25, -0.2) is 0 Å². The highest BCUT2D eigenvalue weighted by Crippen LogP contribution is 2.52. The Balaban J connectivity index is 1.34. The Hall–Kier alpha value is -2.21. The Labute approximate surface area is 152 Å². The first-order valence-electron chi connectivity index (χ1n) is 9.52. The third-order valence-corrected chi connectivity index (χ3v) is 6.41. The van der Waals surface area contributed by atoms with E-state index in [-0.39, 0.29) is 23.8 Å². The molecule has 2 saturated heterocycles. The fraction of sp³-hybridized carbons (Fsp3) is 0.550. The molecular formula is C20H23N3O3. The molecule has 1 aromatic heterocycles. The Kier molecular flexibility index (Phi) is 3.64. The number of ether oxygens (including phenoxy) is 1. The number of hydrogen-bond donors (Lipinski definition) is 1. The molecule has 4 atom stereocenters. The zero-order valence-electron chi connectivity index (χ0n) is 14.6. The van der Waals surface area contributed by atoms with Gasteiger partial charge in [0.2, 0.25) is 11.8 Å². The van der Waals surface area contributed by atoms with Crippen molar-refractivity contribution in [3.63, 3.8) is 0 Å². The van der Waals surface area contributed by atoms with Crippen LogP contribution in [0.5, 0.6) is 0 Å². The second-order valence-corrected chi connectivity index (χ2v) is 7.88. The number of nitrogens with one attached hydrogen (secondary N) is 1. The molecule has 6 nitrogen and oxygen atoms in total. The molecule has 0 unspecified atom stereocenters. The van der Waals surface area contributed by atoms with E-state index in [9.17, 15) is 9.59 Å². The summed E-state index contributed by atoms with van der Waals surface area (Å²) in [7, 11) is 0. The molecule has 136 valence electrons. The minimum absolute atomic E-state index is 0.0929. The fourth-order valence-corrected chi connectivity index (χ4v) is 5.16. The van der Waals surface area contributed by atoms with Crippen LogP contribution in [0.2, 0.25) is 0 Å². The molecule has 2 amide bonds. The number of carbonyl (C=O) groups excluding carboxylic acids is 2. The third-order valence-electron chi connectivity index (χ3n) is 6.41. The lowest BCUT2D eigenvalue weighted by Crippen LogP contribution is -2.44. The van der Waals surface area contributed by atoms with Gasteiger partial charge in [0.1, 0.15) is 5.60 Å². The number of nitrogens with zero attached hydrogens (tertiary/aromatic N) is 2. The fourth-order valence-electron chi connectivity index (χ4n) is 5.16. The summed E-state index contributed by atoms with van der Waals surface area (Å²) in [6.07, 6.45) is 11.6. The number of amides is 2. The number of rotatable bonds is 4. The van der Waals surface area contributed by atoms with Crippen LogP contribution < -0.4 is 5.32 Å². The van der Waals surface area contributed by atoms with Crippen molar-refractivity contribution in [2.75, 3.05) is 6.54 Å². The summed E-state index contributed by atoms with van der Waals surface area (Å²) in [6, 6.07) is 4.07. The van der Waals surface area contributed by atoms with Crippen molar-refractivity contribution in [2.24, 2.45) is 11.8 Å². The highest BCUT2D eigenvalue weighted by Gasteiger charge is 2.67. The molecule has 1 spiro atoms. The Morgan fingerprint density at radius 1 is 1.31 bits per heavy atom.